The summed E-state index contributed by atoms with van der Waals surface area (Å²) in [6.07, 6.45) is -1.51. The monoisotopic (exact) mass is 341 g/mol. The van der Waals surface area contributed by atoms with E-state index in [0.29, 0.717) is 5.69 Å². The zero-order valence-electron chi connectivity index (χ0n) is 13.8. The van der Waals surface area contributed by atoms with E-state index in [-0.39, 0.29) is 5.56 Å². The molecule has 1 N–H and O–H groups in total. The molecule has 3 aromatic rings. The second-order valence-corrected chi connectivity index (χ2v) is 5.77. The summed E-state index contributed by atoms with van der Waals surface area (Å²) in [5.74, 6) is -0.608. The average Bonchev–Trinajstić information content (AvgIpc) is 2.99. The molecule has 0 saturated carbocycles. The summed E-state index contributed by atoms with van der Waals surface area (Å²) < 4.78 is 27.3. The van der Waals surface area contributed by atoms with Crippen LogP contribution in [0, 0.1) is 6.92 Å². The Morgan fingerprint density at radius 1 is 1.12 bits per heavy atom. The Hall–Kier alpha value is -3.02. The molecule has 0 aliphatic heterocycles. The molecule has 1 amide bonds. The maximum atomic E-state index is 13.1. The first-order valence-electron chi connectivity index (χ1n) is 7.75. The van der Waals surface area contributed by atoms with Crippen LogP contribution in [0.25, 0.3) is 11.1 Å². The predicted octanol–water partition coefficient (Wildman–Crippen LogP) is 4.59. The standard InChI is InChI=1S/C19H17F2N3O/c1-12-7-9-13(10-8-12)14-5-3-4-6-16(14)22-19(25)15-11-24(2)23-17(15)18(20)21/h3-11,18H,1-2H3,(H,22,25). The number of aryl methyl sites for hydroxylation is 2. The largest absolute Gasteiger partial charge is 0.321 e. The van der Waals surface area contributed by atoms with E-state index < -0.39 is 18.0 Å². The van der Waals surface area contributed by atoms with Crippen LogP contribution in [0.4, 0.5) is 14.5 Å². The number of alkyl halides is 2. The van der Waals surface area contributed by atoms with Crippen molar-refractivity contribution in [3.63, 3.8) is 0 Å². The van der Waals surface area contributed by atoms with Crippen LogP contribution in [0.3, 0.4) is 0 Å². The first-order chi connectivity index (χ1) is 12.0. The van der Waals surface area contributed by atoms with Crippen LogP contribution in [0.2, 0.25) is 0 Å². The summed E-state index contributed by atoms with van der Waals surface area (Å²) in [6, 6.07) is 15.1. The lowest BCUT2D eigenvalue weighted by molar-refractivity contribution is 0.101. The Morgan fingerprint density at radius 2 is 1.80 bits per heavy atom. The van der Waals surface area contributed by atoms with Crippen LogP contribution in [0.5, 0.6) is 0 Å². The van der Waals surface area contributed by atoms with Gasteiger partial charge in [-0.05, 0) is 18.6 Å². The van der Waals surface area contributed by atoms with Gasteiger partial charge in [-0.1, -0.05) is 48.0 Å². The number of benzene rings is 2. The van der Waals surface area contributed by atoms with Crippen molar-refractivity contribution in [3.05, 3.63) is 71.5 Å². The molecule has 0 bridgehead atoms. The number of aromatic nitrogens is 2. The van der Waals surface area contributed by atoms with Crippen molar-refractivity contribution in [3.8, 4) is 11.1 Å². The van der Waals surface area contributed by atoms with Gasteiger partial charge in [0.25, 0.3) is 12.3 Å². The van der Waals surface area contributed by atoms with E-state index in [2.05, 4.69) is 10.4 Å². The molecule has 128 valence electrons. The number of carbonyl (C=O) groups is 1. The van der Waals surface area contributed by atoms with Crippen LogP contribution < -0.4 is 5.32 Å². The molecule has 0 aliphatic rings. The molecule has 25 heavy (non-hydrogen) atoms. The zero-order valence-corrected chi connectivity index (χ0v) is 13.8. The molecule has 0 unspecified atom stereocenters. The third kappa shape index (κ3) is 3.57. The van der Waals surface area contributed by atoms with Crippen LogP contribution in [0.15, 0.2) is 54.7 Å². The molecule has 1 heterocycles. The molecule has 2 aromatic carbocycles. The summed E-state index contributed by atoms with van der Waals surface area (Å²) >= 11 is 0. The summed E-state index contributed by atoms with van der Waals surface area (Å²) in [5.41, 5.74) is 2.78. The highest BCUT2D eigenvalue weighted by molar-refractivity contribution is 6.06. The van der Waals surface area contributed by atoms with Gasteiger partial charge in [-0.2, -0.15) is 5.10 Å². The summed E-state index contributed by atoms with van der Waals surface area (Å²) in [6.45, 7) is 1.99. The number of amides is 1. The SMILES string of the molecule is Cc1ccc(-c2ccccc2NC(=O)c2cn(C)nc2C(F)F)cc1. The molecular weight excluding hydrogens is 324 g/mol. The number of anilines is 1. The maximum Gasteiger partial charge on any atom is 0.282 e. The average molecular weight is 341 g/mol. The van der Waals surface area contributed by atoms with E-state index in [1.54, 1.807) is 12.1 Å². The third-order valence-corrected chi connectivity index (χ3v) is 3.85. The van der Waals surface area contributed by atoms with E-state index in [1.165, 1.54) is 17.9 Å². The van der Waals surface area contributed by atoms with Gasteiger partial charge in [-0.3, -0.25) is 9.48 Å². The molecule has 0 atom stereocenters. The Kier molecular flexibility index (Phi) is 4.61. The Bertz CT molecular complexity index is 901. The third-order valence-electron chi connectivity index (χ3n) is 3.85. The molecule has 6 heteroatoms. The van der Waals surface area contributed by atoms with Gasteiger partial charge in [0, 0.05) is 24.5 Å². The van der Waals surface area contributed by atoms with Gasteiger partial charge < -0.3 is 5.32 Å². The van der Waals surface area contributed by atoms with E-state index in [0.717, 1.165) is 16.7 Å². The van der Waals surface area contributed by atoms with Gasteiger partial charge in [0.1, 0.15) is 5.69 Å². The first-order valence-corrected chi connectivity index (χ1v) is 7.75. The van der Waals surface area contributed by atoms with Crippen molar-refractivity contribution in [1.29, 1.82) is 0 Å². The number of nitrogens with zero attached hydrogens (tertiary/aromatic N) is 2. The molecule has 1 aromatic heterocycles. The second-order valence-electron chi connectivity index (χ2n) is 5.77. The minimum Gasteiger partial charge on any atom is -0.321 e. The van der Waals surface area contributed by atoms with Crippen molar-refractivity contribution < 1.29 is 13.6 Å². The van der Waals surface area contributed by atoms with Crippen molar-refractivity contribution >= 4 is 11.6 Å². The molecule has 0 aliphatic carbocycles. The Balaban J connectivity index is 1.94. The molecular formula is C19H17F2N3O. The van der Waals surface area contributed by atoms with E-state index in [4.69, 9.17) is 0 Å². The number of halogens is 2. The van der Waals surface area contributed by atoms with Gasteiger partial charge in [0.05, 0.1) is 5.56 Å². The minimum atomic E-state index is -2.81. The lowest BCUT2D eigenvalue weighted by Crippen LogP contribution is -2.14. The normalized spacial score (nSPS) is 10.9. The minimum absolute atomic E-state index is 0.129. The van der Waals surface area contributed by atoms with Crippen LogP contribution in [0.1, 0.15) is 28.0 Å². The van der Waals surface area contributed by atoms with E-state index in [1.807, 2.05) is 43.3 Å². The molecule has 0 spiro atoms. The van der Waals surface area contributed by atoms with Crippen molar-refractivity contribution in [2.45, 2.75) is 13.3 Å². The number of carbonyl (C=O) groups excluding carboxylic acids is 1. The number of hydrogen-bond donors (Lipinski definition) is 1. The molecule has 0 radical (unpaired) electrons. The van der Waals surface area contributed by atoms with Crippen LogP contribution >= 0.6 is 0 Å². The molecule has 3 rings (SSSR count). The lowest BCUT2D eigenvalue weighted by atomic mass is 10.0. The number of para-hydroxylation sites is 1. The smallest absolute Gasteiger partial charge is 0.282 e. The highest BCUT2D eigenvalue weighted by Gasteiger charge is 2.23. The maximum absolute atomic E-state index is 13.1. The Morgan fingerprint density at radius 3 is 2.48 bits per heavy atom. The molecule has 0 saturated heterocycles. The van der Waals surface area contributed by atoms with Crippen molar-refractivity contribution in [1.82, 2.24) is 9.78 Å². The van der Waals surface area contributed by atoms with Crippen molar-refractivity contribution in [2.24, 2.45) is 7.05 Å². The first kappa shape index (κ1) is 16.8. The van der Waals surface area contributed by atoms with Crippen molar-refractivity contribution in [2.75, 3.05) is 5.32 Å². The fourth-order valence-electron chi connectivity index (χ4n) is 2.61. The zero-order chi connectivity index (χ0) is 18.0. The predicted molar refractivity (Wildman–Crippen MR) is 92.7 cm³/mol. The summed E-state index contributed by atoms with van der Waals surface area (Å²) in [4.78, 5) is 12.5. The van der Waals surface area contributed by atoms with Gasteiger partial charge in [-0.15, -0.1) is 0 Å². The molecule has 0 fully saturated rings. The second kappa shape index (κ2) is 6.84. The van der Waals surface area contributed by atoms with Crippen LogP contribution in [-0.2, 0) is 7.05 Å². The Labute approximate surface area is 144 Å². The van der Waals surface area contributed by atoms with E-state index >= 15 is 0 Å². The number of nitrogens with one attached hydrogen (secondary N) is 1. The molecule has 4 nitrogen and oxygen atoms in total. The van der Waals surface area contributed by atoms with Gasteiger partial charge in [-0.25, -0.2) is 8.78 Å². The summed E-state index contributed by atoms with van der Waals surface area (Å²) in [5, 5.41) is 6.39. The highest BCUT2D eigenvalue weighted by Crippen LogP contribution is 2.29. The fraction of sp³-hybridized carbons (Fsp3) is 0.158. The topological polar surface area (TPSA) is 46.9 Å². The fourth-order valence-corrected chi connectivity index (χ4v) is 2.61. The summed E-state index contributed by atoms with van der Waals surface area (Å²) in [7, 11) is 1.50. The van der Waals surface area contributed by atoms with Gasteiger partial charge >= 0.3 is 0 Å². The highest BCUT2D eigenvalue weighted by atomic mass is 19.3. The quantitative estimate of drug-likeness (QED) is 0.755. The van der Waals surface area contributed by atoms with E-state index in [9.17, 15) is 13.6 Å². The number of hydrogen-bond acceptors (Lipinski definition) is 2. The number of rotatable bonds is 4. The lowest BCUT2D eigenvalue weighted by Gasteiger charge is -2.11. The van der Waals surface area contributed by atoms with Crippen LogP contribution in [-0.4, -0.2) is 15.7 Å². The van der Waals surface area contributed by atoms with Gasteiger partial charge in [0.2, 0.25) is 0 Å². The van der Waals surface area contributed by atoms with Gasteiger partial charge in [0.15, 0.2) is 0 Å².